The van der Waals surface area contributed by atoms with E-state index in [-0.39, 0.29) is 18.8 Å². The highest BCUT2D eigenvalue weighted by Crippen LogP contribution is 2.35. The van der Waals surface area contributed by atoms with Crippen molar-refractivity contribution in [3.05, 3.63) is 0 Å². The summed E-state index contributed by atoms with van der Waals surface area (Å²) in [7, 11) is 2.57. The van der Waals surface area contributed by atoms with Gasteiger partial charge in [0.05, 0.1) is 26.9 Å². The van der Waals surface area contributed by atoms with E-state index in [1.807, 2.05) is 0 Å². The first-order valence-corrected chi connectivity index (χ1v) is 6.16. The number of carbonyl (C=O) groups excluding carboxylic acids is 2. The van der Waals surface area contributed by atoms with Gasteiger partial charge in [0.1, 0.15) is 12.1 Å². The fourth-order valence-corrected chi connectivity index (χ4v) is 2.61. The molecule has 7 heteroatoms. The minimum absolute atomic E-state index is 0.222. The van der Waals surface area contributed by atoms with E-state index in [1.165, 1.54) is 19.1 Å². The topological polar surface area (TPSA) is 74.3 Å². The lowest BCUT2D eigenvalue weighted by molar-refractivity contribution is -0.150. The lowest BCUT2D eigenvalue weighted by Gasteiger charge is -2.37. The SMILES string of the molecule is COC(=O)[C@@H]1C[C@@H]2OC(C)(C)O[C@@H]2CN1C(=O)OC. The van der Waals surface area contributed by atoms with Crippen LogP contribution in [0.15, 0.2) is 0 Å². The summed E-state index contributed by atoms with van der Waals surface area (Å²) in [4.78, 5) is 24.9. The Balaban J connectivity index is 2.18. The maximum Gasteiger partial charge on any atom is 0.410 e. The van der Waals surface area contributed by atoms with Gasteiger partial charge >= 0.3 is 12.1 Å². The summed E-state index contributed by atoms with van der Waals surface area (Å²) in [5, 5.41) is 0. The molecule has 2 heterocycles. The first-order chi connectivity index (χ1) is 8.88. The first kappa shape index (κ1) is 14.1. The van der Waals surface area contributed by atoms with E-state index in [0.717, 1.165) is 0 Å². The summed E-state index contributed by atoms with van der Waals surface area (Å²) in [5.41, 5.74) is 0. The molecule has 0 saturated carbocycles. The fourth-order valence-electron chi connectivity index (χ4n) is 2.61. The van der Waals surface area contributed by atoms with Gasteiger partial charge in [-0.1, -0.05) is 0 Å². The number of ether oxygens (including phenoxy) is 4. The van der Waals surface area contributed by atoms with Gasteiger partial charge < -0.3 is 18.9 Å². The second kappa shape index (κ2) is 4.97. The van der Waals surface area contributed by atoms with Crippen molar-refractivity contribution in [1.82, 2.24) is 4.90 Å². The minimum atomic E-state index is -0.706. The Morgan fingerprint density at radius 2 is 1.79 bits per heavy atom. The molecule has 2 aliphatic heterocycles. The molecule has 0 spiro atoms. The third kappa shape index (κ3) is 2.66. The Kier molecular flexibility index (Phi) is 3.69. The molecular weight excluding hydrogens is 254 g/mol. The molecule has 108 valence electrons. The molecule has 7 nitrogen and oxygen atoms in total. The second-order valence-electron chi connectivity index (χ2n) is 5.11. The van der Waals surface area contributed by atoms with E-state index in [4.69, 9.17) is 18.9 Å². The van der Waals surface area contributed by atoms with Crippen LogP contribution in [0.2, 0.25) is 0 Å². The van der Waals surface area contributed by atoms with Crippen molar-refractivity contribution in [3.63, 3.8) is 0 Å². The first-order valence-electron chi connectivity index (χ1n) is 6.16. The predicted molar refractivity (Wildman–Crippen MR) is 63.4 cm³/mol. The summed E-state index contributed by atoms with van der Waals surface area (Å²) in [6.07, 6.45) is -0.701. The van der Waals surface area contributed by atoms with E-state index >= 15 is 0 Å². The summed E-state index contributed by atoms with van der Waals surface area (Å²) in [5.74, 6) is -1.18. The van der Waals surface area contributed by atoms with Crippen LogP contribution in [0.4, 0.5) is 4.79 Å². The van der Waals surface area contributed by atoms with Crippen LogP contribution in [0, 0.1) is 0 Å². The summed E-state index contributed by atoms with van der Waals surface area (Å²) >= 11 is 0. The zero-order valence-corrected chi connectivity index (χ0v) is 11.5. The highest BCUT2D eigenvalue weighted by atomic mass is 16.8. The van der Waals surface area contributed by atoms with Gasteiger partial charge in [0.2, 0.25) is 0 Å². The molecule has 2 fully saturated rings. The molecule has 0 unspecified atom stereocenters. The Hall–Kier alpha value is -1.34. The van der Waals surface area contributed by atoms with Crippen LogP contribution in [0.5, 0.6) is 0 Å². The number of amides is 1. The molecule has 2 saturated heterocycles. The number of hydrogen-bond acceptors (Lipinski definition) is 6. The lowest BCUT2D eigenvalue weighted by atomic mass is 9.98. The molecule has 0 aliphatic carbocycles. The number of piperidine rings is 1. The molecule has 19 heavy (non-hydrogen) atoms. The highest BCUT2D eigenvalue weighted by molar-refractivity contribution is 5.81. The quantitative estimate of drug-likeness (QED) is 0.648. The molecule has 0 aromatic carbocycles. The molecule has 2 rings (SSSR count). The molecule has 2 aliphatic rings. The Labute approximate surface area is 111 Å². The summed E-state index contributed by atoms with van der Waals surface area (Å²) < 4.78 is 20.9. The zero-order valence-electron chi connectivity index (χ0n) is 11.5. The monoisotopic (exact) mass is 273 g/mol. The van der Waals surface area contributed by atoms with E-state index in [0.29, 0.717) is 6.42 Å². The summed E-state index contributed by atoms with van der Waals surface area (Å²) in [6, 6.07) is -0.698. The number of fused-ring (bicyclic) bond motifs is 1. The number of nitrogens with zero attached hydrogens (tertiary/aromatic N) is 1. The number of likely N-dealkylation sites (tertiary alicyclic amines) is 1. The molecule has 0 aromatic heterocycles. The zero-order chi connectivity index (χ0) is 14.2. The smallest absolute Gasteiger partial charge is 0.410 e. The van der Waals surface area contributed by atoms with Gasteiger partial charge in [-0.05, 0) is 13.8 Å². The maximum atomic E-state index is 11.8. The van der Waals surface area contributed by atoms with E-state index in [9.17, 15) is 9.59 Å². The van der Waals surface area contributed by atoms with Crippen molar-refractivity contribution in [1.29, 1.82) is 0 Å². The van der Waals surface area contributed by atoms with Crippen molar-refractivity contribution in [2.45, 2.75) is 44.3 Å². The van der Waals surface area contributed by atoms with E-state index < -0.39 is 23.9 Å². The van der Waals surface area contributed by atoms with E-state index in [1.54, 1.807) is 13.8 Å². The number of esters is 1. The standard InChI is InChI=1S/C12H19NO6/c1-12(2)18-8-5-7(10(14)16-3)13(11(15)17-4)6-9(8)19-12/h7-9H,5-6H2,1-4H3/t7-,8-,9+/m0/s1. The molecular formula is C12H19NO6. The van der Waals surface area contributed by atoms with Gasteiger partial charge in [0.25, 0.3) is 0 Å². The van der Waals surface area contributed by atoms with Crippen molar-refractivity contribution >= 4 is 12.1 Å². The van der Waals surface area contributed by atoms with Crippen molar-refractivity contribution < 1.29 is 28.5 Å². The molecule has 0 radical (unpaired) electrons. The third-order valence-corrected chi connectivity index (χ3v) is 3.38. The Morgan fingerprint density at radius 3 is 2.37 bits per heavy atom. The molecule has 0 bridgehead atoms. The highest BCUT2D eigenvalue weighted by Gasteiger charge is 2.50. The molecule has 1 amide bonds. The molecule has 3 atom stereocenters. The van der Waals surface area contributed by atoms with Crippen molar-refractivity contribution in [2.24, 2.45) is 0 Å². The molecule has 0 N–H and O–H groups in total. The average Bonchev–Trinajstić information content (AvgIpc) is 2.68. The summed E-state index contributed by atoms with van der Waals surface area (Å²) in [6.45, 7) is 3.86. The van der Waals surface area contributed by atoms with Crippen molar-refractivity contribution in [3.8, 4) is 0 Å². The second-order valence-corrected chi connectivity index (χ2v) is 5.11. The average molecular weight is 273 g/mol. The van der Waals surface area contributed by atoms with Crippen LogP contribution in [-0.4, -0.2) is 61.8 Å². The largest absolute Gasteiger partial charge is 0.467 e. The van der Waals surface area contributed by atoms with Crippen LogP contribution in [0.3, 0.4) is 0 Å². The Bertz CT molecular complexity index is 348. The van der Waals surface area contributed by atoms with Crippen LogP contribution in [-0.2, 0) is 23.7 Å². The van der Waals surface area contributed by atoms with Crippen LogP contribution in [0.25, 0.3) is 0 Å². The number of methoxy groups -OCH3 is 2. The van der Waals surface area contributed by atoms with Crippen LogP contribution in [0.1, 0.15) is 20.3 Å². The normalized spacial score (nSPS) is 32.6. The predicted octanol–water partition coefficient (Wildman–Crippen LogP) is 0.520. The van der Waals surface area contributed by atoms with Gasteiger partial charge in [-0.15, -0.1) is 0 Å². The number of hydrogen-bond donors (Lipinski definition) is 0. The van der Waals surface area contributed by atoms with Gasteiger partial charge in [0.15, 0.2) is 5.79 Å². The van der Waals surface area contributed by atoms with Crippen LogP contribution < -0.4 is 0 Å². The van der Waals surface area contributed by atoms with Gasteiger partial charge in [-0.3, -0.25) is 4.90 Å². The van der Waals surface area contributed by atoms with Gasteiger partial charge in [-0.2, -0.15) is 0 Å². The fraction of sp³-hybridized carbons (Fsp3) is 0.833. The Morgan fingerprint density at radius 1 is 1.16 bits per heavy atom. The number of carbonyl (C=O) groups is 2. The van der Waals surface area contributed by atoms with Crippen LogP contribution >= 0.6 is 0 Å². The third-order valence-electron chi connectivity index (χ3n) is 3.38. The number of rotatable bonds is 1. The van der Waals surface area contributed by atoms with Crippen molar-refractivity contribution in [2.75, 3.05) is 20.8 Å². The lowest BCUT2D eigenvalue weighted by Crippen LogP contribution is -2.56. The minimum Gasteiger partial charge on any atom is -0.467 e. The van der Waals surface area contributed by atoms with Gasteiger partial charge in [-0.25, -0.2) is 9.59 Å². The maximum absolute atomic E-state index is 11.8. The van der Waals surface area contributed by atoms with E-state index in [2.05, 4.69) is 0 Å². The van der Waals surface area contributed by atoms with Gasteiger partial charge in [0, 0.05) is 6.42 Å². The molecule has 0 aromatic rings.